The van der Waals surface area contributed by atoms with E-state index in [1.54, 1.807) is 26.4 Å². The lowest BCUT2D eigenvalue weighted by atomic mass is 10.3. The molecule has 98 valence electrons. The monoisotopic (exact) mass is 258 g/mol. The van der Waals surface area contributed by atoms with Crippen molar-refractivity contribution in [1.29, 1.82) is 0 Å². The fourth-order valence-electron chi connectivity index (χ4n) is 1.21. The minimum absolute atomic E-state index is 0.296. The van der Waals surface area contributed by atoms with Gasteiger partial charge >= 0.3 is 15.3 Å². The summed E-state index contributed by atoms with van der Waals surface area (Å²) in [4.78, 5) is 11.1. The van der Waals surface area contributed by atoms with Gasteiger partial charge in [0.1, 0.15) is 0 Å². The summed E-state index contributed by atoms with van der Waals surface area (Å²) in [7, 11) is 1.90. The van der Waals surface area contributed by atoms with Crippen molar-refractivity contribution >= 4 is 15.3 Å². The summed E-state index contributed by atoms with van der Waals surface area (Å²) in [5, 5.41) is 0. The largest absolute Gasteiger partial charge is 0.463 e. The molecule has 0 fully saturated rings. The molecule has 0 aromatic carbocycles. The summed E-state index contributed by atoms with van der Waals surface area (Å²) in [5.41, 5.74) is 0. The highest BCUT2D eigenvalue weighted by Crippen LogP contribution is 2.03. The standard InChI is InChI=1S/C12H22O4Si/c1-4-5-6-9-12(13)16-10-7-8-11-17(14-2)15-3/h4-6,9,17H,7-8,10-11H2,1-3H3/b5-4+,9-6+. The first-order chi connectivity index (χ1) is 8.24. The van der Waals surface area contributed by atoms with Crippen LogP contribution in [0.5, 0.6) is 0 Å². The number of ether oxygens (including phenoxy) is 1. The van der Waals surface area contributed by atoms with Gasteiger partial charge < -0.3 is 13.6 Å². The molecule has 0 atom stereocenters. The Morgan fingerprint density at radius 2 is 1.88 bits per heavy atom. The van der Waals surface area contributed by atoms with Crippen molar-refractivity contribution in [2.24, 2.45) is 0 Å². The number of hydrogen-bond acceptors (Lipinski definition) is 4. The molecule has 0 aliphatic rings. The molecule has 0 aromatic rings. The van der Waals surface area contributed by atoms with Crippen molar-refractivity contribution < 1.29 is 18.4 Å². The molecule has 0 spiro atoms. The van der Waals surface area contributed by atoms with Crippen LogP contribution in [0.3, 0.4) is 0 Å². The van der Waals surface area contributed by atoms with Gasteiger partial charge in [-0.3, -0.25) is 0 Å². The lowest BCUT2D eigenvalue weighted by molar-refractivity contribution is -0.137. The second kappa shape index (κ2) is 11.6. The molecule has 0 aliphatic carbocycles. The summed E-state index contributed by atoms with van der Waals surface area (Å²) in [5.74, 6) is -0.296. The van der Waals surface area contributed by atoms with E-state index in [9.17, 15) is 4.79 Å². The van der Waals surface area contributed by atoms with Gasteiger partial charge in [-0.2, -0.15) is 0 Å². The number of carbonyl (C=O) groups is 1. The maximum absolute atomic E-state index is 11.1. The number of rotatable bonds is 9. The Labute approximate surface area is 105 Å². The summed E-state index contributed by atoms with van der Waals surface area (Å²) in [6.45, 7) is 2.34. The molecule has 0 N–H and O–H groups in total. The van der Waals surface area contributed by atoms with Crippen molar-refractivity contribution in [1.82, 2.24) is 0 Å². The molecule has 0 rings (SSSR count). The van der Waals surface area contributed by atoms with Crippen LogP contribution in [0.15, 0.2) is 24.3 Å². The van der Waals surface area contributed by atoms with Crippen LogP contribution in [0.1, 0.15) is 19.8 Å². The maximum Gasteiger partial charge on any atom is 0.330 e. The predicted octanol–water partition coefficient (Wildman–Crippen LogP) is 1.96. The van der Waals surface area contributed by atoms with Crippen LogP contribution < -0.4 is 0 Å². The van der Waals surface area contributed by atoms with E-state index in [4.69, 9.17) is 13.6 Å². The van der Waals surface area contributed by atoms with E-state index >= 15 is 0 Å². The zero-order valence-corrected chi connectivity index (χ0v) is 12.0. The zero-order valence-electron chi connectivity index (χ0n) is 10.8. The zero-order chi connectivity index (χ0) is 12.9. The predicted molar refractivity (Wildman–Crippen MR) is 70.1 cm³/mol. The van der Waals surface area contributed by atoms with Crippen molar-refractivity contribution in [2.45, 2.75) is 25.8 Å². The summed E-state index contributed by atoms with van der Waals surface area (Å²) in [6.07, 6.45) is 8.53. The average Bonchev–Trinajstić information content (AvgIpc) is 2.34. The van der Waals surface area contributed by atoms with E-state index in [1.807, 2.05) is 13.0 Å². The van der Waals surface area contributed by atoms with Gasteiger partial charge in [0, 0.05) is 20.3 Å². The molecule has 0 radical (unpaired) electrons. The molecule has 4 nitrogen and oxygen atoms in total. The van der Waals surface area contributed by atoms with E-state index < -0.39 is 9.28 Å². The van der Waals surface area contributed by atoms with Crippen LogP contribution in [-0.2, 0) is 18.4 Å². The third-order valence-corrected chi connectivity index (χ3v) is 4.07. The highest BCUT2D eigenvalue weighted by molar-refractivity contribution is 6.44. The van der Waals surface area contributed by atoms with E-state index in [-0.39, 0.29) is 5.97 Å². The van der Waals surface area contributed by atoms with E-state index in [2.05, 4.69) is 0 Å². The van der Waals surface area contributed by atoms with Gasteiger partial charge in [-0.15, -0.1) is 0 Å². The lowest BCUT2D eigenvalue weighted by Gasteiger charge is -2.09. The van der Waals surface area contributed by atoms with Crippen LogP contribution >= 0.6 is 0 Å². The third-order valence-electron chi connectivity index (χ3n) is 2.14. The quantitative estimate of drug-likeness (QED) is 0.208. The second-order valence-electron chi connectivity index (χ2n) is 3.45. The first-order valence-corrected chi connectivity index (χ1v) is 7.52. The number of allylic oxidation sites excluding steroid dienone is 3. The van der Waals surface area contributed by atoms with Gasteiger partial charge in [-0.05, 0) is 25.8 Å². The van der Waals surface area contributed by atoms with Crippen LogP contribution in [0.4, 0.5) is 0 Å². The number of esters is 1. The normalized spacial score (nSPS) is 11.8. The molecule has 0 aromatic heterocycles. The Bertz CT molecular complexity index is 247. The van der Waals surface area contributed by atoms with Crippen molar-refractivity contribution in [2.75, 3.05) is 20.8 Å². The molecule has 0 saturated carbocycles. The first-order valence-electron chi connectivity index (χ1n) is 5.76. The Hall–Kier alpha value is -0.913. The van der Waals surface area contributed by atoms with Crippen LogP contribution in [0.2, 0.25) is 6.04 Å². The first kappa shape index (κ1) is 16.1. The van der Waals surface area contributed by atoms with E-state index in [1.165, 1.54) is 6.08 Å². The van der Waals surface area contributed by atoms with E-state index in [0.717, 1.165) is 18.9 Å². The summed E-state index contributed by atoms with van der Waals surface area (Å²) in [6, 6.07) is 0.943. The van der Waals surface area contributed by atoms with Gasteiger partial charge in [0.25, 0.3) is 0 Å². The lowest BCUT2D eigenvalue weighted by Crippen LogP contribution is -2.18. The van der Waals surface area contributed by atoms with Crippen molar-refractivity contribution in [3.63, 3.8) is 0 Å². The molecule has 17 heavy (non-hydrogen) atoms. The van der Waals surface area contributed by atoms with Gasteiger partial charge in [0.2, 0.25) is 0 Å². The number of carbonyl (C=O) groups excluding carboxylic acids is 1. The topological polar surface area (TPSA) is 44.8 Å². The smallest absolute Gasteiger partial charge is 0.330 e. The molecule has 0 heterocycles. The van der Waals surface area contributed by atoms with Crippen LogP contribution in [0, 0.1) is 0 Å². The number of unbranched alkanes of at least 4 members (excludes halogenated alkanes) is 1. The summed E-state index contributed by atoms with van der Waals surface area (Å²) < 4.78 is 15.4. The Balaban J connectivity index is 3.48. The maximum atomic E-state index is 11.1. The fraction of sp³-hybridized carbons (Fsp3) is 0.583. The van der Waals surface area contributed by atoms with Gasteiger partial charge in [0.05, 0.1) is 6.61 Å². The SMILES string of the molecule is C/C=C/C=C/C(=O)OCCCC[SiH](OC)OC. The van der Waals surface area contributed by atoms with Gasteiger partial charge in [0.15, 0.2) is 0 Å². The Morgan fingerprint density at radius 1 is 1.18 bits per heavy atom. The van der Waals surface area contributed by atoms with Crippen LogP contribution in [-0.4, -0.2) is 36.1 Å². The molecular weight excluding hydrogens is 236 g/mol. The molecule has 0 unspecified atom stereocenters. The van der Waals surface area contributed by atoms with Gasteiger partial charge in [-0.25, -0.2) is 4.79 Å². The molecule has 0 aliphatic heterocycles. The Morgan fingerprint density at radius 3 is 2.47 bits per heavy atom. The summed E-state index contributed by atoms with van der Waals surface area (Å²) >= 11 is 0. The van der Waals surface area contributed by atoms with E-state index in [0.29, 0.717) is 6.61 Å². The molecule has 0 bridgehead atoms. The minimum Gasteiger partial charge on any atom is -0.463 e. The van der Waals surface area contributed by atoms with Crippen molar-refractivity contribution in [3.05, 3.63) is 24.3 Å². The van der Waals surface area contributed by atoms with Crippen LogP contribution in [0.25, 0.3) is 0 Å². The minimum atomic E-state index is -1.45. The molecule has 0 amide bonds. The Kier molecular flexibility index (Phi) is 10.9. The molecule has 5 heteroatoms. The van der Waals surface area contributed by atoms with Crippen molar-refractivity contribution in [3.8, 4) is 0 Å². The highest BCUT2D eigenvalue weighted by atomic mass is 28.3. The number of hydrogen-bond donors (Lipinski definition) is 0. The van der Waals surface area contributed by atoms with Gasteiger partial charge in [-0.1, -0.05) is 18.2 Å². The molecular formula is C12H22O4Si. The second-order valence-corrected chi connectivity index (χ2v) is 5.83. The fourth-order valence-corrected chi connectivity index (χ4v) is 2.50. The molecule has 0 saturated heterocycles. The highest BCUT2D eigenvalue weighted by Gasteiger charge is 2.08. The average molecular weight is 258 g/mol. The third kappa shape index (κ3) is 9.98.